The molecule has 0 spiro atoms. The van der Waals surface area contributed by atoms with Crippen LogP contribution >= 0.6 is 0 Å². The van der Waals surface area contributed by atoms with E-state index in [1.807, 2.05) is 18.2 Å². The Bertz CT molecular complexity index is 609. The molecule has 0 fully saturated rings. The molecule has 0 atom stereocenters. The summed E-state index contributed by atoms with van der Waals surface area (Å²) in [6.07, 6.45) is 3.78. The number of allylic oxidation sites excluding steroid dienone is 3. The van der Waals surface area contributed by atoms with Gasteiger partial charge in [-0.15, -0.1) is 0 Å². The fraction of sp³-hybridized carbons (Fsp3) is 0.250. The third kappa shape index (κ3) is 2.33. The van der Waals surface area contributed by atoms with Gasteiger partial charge in [0, 0.05) is 0 Å². The standard InChI is InChI=1S/C16H18O2/c1-5-6-11(2)13(4)14-10-16-15(9-12(14)3)17-7-8-18-16/h5-6,9-10H,1,3,7-8H2,2,4H3/b11-6+,14-13+. The van der Waals surface area contributed by atoms with Gasteiger partial charge in [-0.3, -0.25) is 0 Å². The van der Waals surface area contributed by atoms with Crippen molar-refractivity contribution < 1.29 is 9.47 Å². The third-order valence-corrected chi connectivity index (χ3v) is 3.13. The summed E-state index contributed by atoms with van der Waals surface area (Å²) in [5, 5.41) is 2.04. The zero-order valence-electron chi connectivity index (χ0n) is 11.0. The Hall–Kier alpha value is -1.96. The molecular weight excluding hydrogens is 224 g/mol. The lowest BCUT2D eigenvalue weighted by molar-refractivity contribution is 0.171. The lowest BCUT2D eigenvalue weighted by atomic mass is 10.0. The average Bonchev–Trinajstić information content (AvgIpc) is 2.37. The average molecular weight is 242 g/mol. The van der Waals surface area contributed by atoms with E-state index in [1.54, 1.807) is 6.08 Å². The summed E-state index contributed by atoms with van der Waals surface area (Å²) in [5.74, 6) is 1.59. The van der Waals surface area contributed by atoms with Crippen molar-refractivity contribution in [3.05, 3.63) is 46.9 Å². The van der Waals surface area contributed by atoms with E-state index < -0.39 is 0 Å². The van der Waals surface area contributed by atoms with Crippen molar-refractivity contribution in [2.45, 2.75) is 13.8 Å². The maximum absolute atomic E-state index is 5.60. The lowest BCUT2D eigenvalue weighted by Gasteiger charge is -2.18. The predicted octanol–water partition coefficient (Wildman–Crippen LogP) is 2.17. The summed E-state index contributed by atoms with van der Waals surface area (Å²) in [6.45, 7) is 13.1. The molecule has 1 heterocycles. The van der Waals surface area contributed by atoms with Crippen molar-refractivity contribution in [1.82, 2.24) is 0 Å². The Labute approximate surface area is 108 Å². The van der Waals surface area contributed by atoms with E-state index in [0.29, 0.717) is 13.2 Å². The third-order valence-electron chi connectivity index (χ3n) is 3.13. The van der Waals surface area contributed by atoms with Gasteiger partial charge < -0.3 is 9.47 Å². The van der Waals surface area contributed by atoms with Gasteiger partial charge in [-0.25, -0.2) is 0 Å². The van der Waals surface area contributed by atoms with Crippen LogP contribution in [0.2, 0.25) is 0 Å². The monoisotopic (exact) mass is 242 g/mol. The zero-order chi connectivity index (χ0) is 13.1. The van der Waals surface area contributed by atoms with Crippen LogP contribution in [0.15, 0.2) is 36.4 Å². The molecule has 0 aliphatic carbocycles. The van der Waals surface area contributed by atoms with E-state index >= 15 is 0 Å². The number of rotatable bonds is 2. The van der Waals surface area contributed by atoms with Crippen LogP contribution in [0.1, 0.15) is 13.8 Å². The highest BCUT2D eigenvalue weighted by Gasteiger charge is 2.11. The zero-order valence-corrected chi connectivity index (χ0v) is 11.0. The Morgan fingerprint density at radius 1 is 1.17 bits per heavy atom. The lowest BCUT2D eigenvalue weighted by Crippen LogP contribution is -2.28. The number of ether oxygens (including phenoxy) is 2. The van der Waals surface area contributed by atoms with E-state index in [1.165, 1.54) is 11.1 Å². The molecule has 0 aromatic heterocycles. The SMILES string of the molecule is C=C/C=C(C)/C(C)=c1\cc2c(cc1=C)OCCO2. The summed E-state index contributed by atoms with van der Waals surface area (Å²) in [6, 6.07) is 3.95. The second kappa shape index (κ2) is 5.13. The van der Waals surface area contributed by atoms with Crippen molar-refractivity contribution in [1.29, 1.82) is 0 Å². The molecule has 1 aliphatic heterocycles. The first-order valence-electron chi connectivity index (χ1n) is 6.02. The minimum absolute atomic E-state index is 0.601. The Morgan fingerprint density at radius 3 is 2.39 bits per heavy atom. The van der Waals surface area contributed by atoms with Gasteiger partial charge in [0.15, 0.2) is 11.5 Å². The van der Waals surface area contributed by atoms with E-state index in [0.717, 1.165) is 21.9 Å². The highest BCUT2D eigenvalue weighted by Crippen LogP contribution is 2.26. The van der Waals surface area contributed by atoms with E-state index in [4.69, 9.17) is 9.47 Å². The molecule has 0 saturated carbocycles. The molecule has 18 heavy (non-hydrogen) atoms. The molecule has 2 nitrogen and oxygen atoms in total. The predicted molar refractivity (Wildman–Crippen MR) is 75.2 cm³/mol. The van der Waals surface area contributed by atoms with Gasteiger partial charge in [0.25, 0.3) is 0 Å². The maximum Gasteiger partial charge on any atom is 0.162 e. The second-order valence-electron chi connectivity index (χ2n) is 4.36. The summed E-state index contributed by atoms with van der Waals surface area (Å²) in [5.41, 5.74) is 2.35. The van der Waals surface area contributed by atoms with E-state index in [2.05, 4.69) is 27.0 Å². The van der Waals surface area contributed by atoms with Crippen LogP contribution in [0.5, 0.6) is 11.5 Å². The molecule has 1 aromatic carbocycles. The molecule has 0 unspecified atom stereocenters. The number of fused-ring (bicyclic) bond motifs is 1. The maximum atomic E-state index is 5.60. The van der Waals surface area contributed by atoms with Crippen LogP contribution in [0, 0.1) is 0 Å². The normalized spacial score (nSPS) is 16.2. The molecule has 2 heteroatoms. The van der Waals surface area contributed by atoms with Gasteiger partial charge in [0.2, 0.25) is 0 Å². The van der Waals surface area contributed by atoms with Crippen LogP contribution < -0.4 is 19.9 Å². The smallest absolute Gasteiger partial charge is 0.162 e. The van der Waals surface area contributed by atoms with E-state index in [9.17, 15) is 0 Å². The van der Waals surface area contributed by atoms with Crippen molar-refractivity contribution in [3.8, 4) is 11.5 Å². The molecule has 0 amide bonds. The quantitative estimate of drug-likeness (QED) is 0.740. The van der Waals surface area contributed by atoms with Gasteiger partial charge in [0.05, 0.1) is 0 Å². The minimum atomic E-state index is 0.601. The van der Waals surface area contributed by atoms with Gasteiger partial charge in [-0.05, 0) is 47.6 Å². The Balaban J connectivity index is 2.65. The largest absolute Gasteiger partial charge is 0.486 e. The summed E-state index contributed by atoms with van der Waals surface area (Å²) in [7, 11) is 0. The molecule has 0 radical (unpaired) electrons. The van der Waals surface area contributed by atoms with Crippen LogP contribution in [-0.2, 0) is 0 Å². The summed E-state index contributed by atoms with van der Waals surface area (Å²) in [4.78, 5) is 0. The first-order valence-corrected chi connectivity index (χ1v) is 6.02. The fourth-order valence-corrected chi connectivity index (χ4v) is 1.99. The van der Waals surface area contributed by atoms with Crippen LogP contribution in [0.4, 0.5) is 0 Å². The van der Waals surface area contributed by atoms with Gasteiger partial charge in [-0.2, -0.15) is 0 Å². The highest BCUT2D eigenvalue weighted by molar-refractivity contribution is 5.63. The van der Waals surface area contributed by atoms with Crippen molar-refractivity contribution in [2.24, 2.45) is 0 Å². The fourth-order valence-electron chi connectivity index (χ4n) is 1.99. The van der Waals surface area contributed by atoms with E-state index in [-0.39, 0.29) is 0 Å². The summed E-state index contributed by atoms with van der Waals surface area (Å²) >= 11 is 0. The molecule has 1 aromatic rings. The Kier molecular flexibility index (Phi) is 3.56. The highest BCUT2D eigenvalue weighted by atomic mass is 16.6. The van der Waals surface area contributed by atoms with Gasteiger partial charge >= 0.3 is 0 Å². The second-order valence-corrected chi connectivity index (χ2v) is 4.36. The van der Waals surface area contributed by atoms with Crippen molar-refractivity contribution >= 4 is 12.2 Å². The minimum Gasteiger partial charge on any atom is -0.486 e. The molecule has 1 aliphatic rings. The molecule has 94 valence electrons. The Morgan fingerprint density at radius 2 is 1.78 bits per heavy atom. The van der Waals surface area contributed by atoms with Crippen molar-refractivity contribution in [3.63, 3.8) is 0 Å². The molecule has 2 rings (SSSR count). The first kappa shape index (κ1) is 12.5. The van der Waals surface area contributed by atoms with Gasteiger partial charge in [0.1, 0.15) is 13.2 Å². The number of hydrogen-bond donors (Lipinski definition) is 0. The van der Waals surface area contributed by atoms with Crippen LogP contribution in [0.25, 0.3) is 12.2 Å². The first-order chi connectivity index (χ1) is 8.63. The van der Waals surface area contributed by atoms with Crippen molar-refractivity contribution in [2.75, 3.05) is 13.2 Å². The number of hydrogen-bond acceptors (Lipinski definition) is 2. The van der Waals surface area contributed by atoms with Crippen LogP contribution in [0.3, 0.4) is 0 Å². The summed E-state index contributed by atoms with van der Waals surface area (Å²) < 4.78 is 11.1. The topological polar surface area (TPSA) is 18.5 Å². The molecular formula is C16H18O2. The molecule has 0 N–H and O–H groups in total. The number of benzene rings is 1. The molecule has 0 saturated heterocycles. The van der Waals surface area contributed by atoms with Gasteiger partial charge in [-0.1, -0.05) is 25.3 Å². The van der Waals surface area contributed by atoms with Crippen LogP contribution in [-0.4, -0.2) is 13.2 Å². The molecule has 0 bridgehead atoms.